The van der Waals surface area contributed by atoms with Crippen molar-refractivity contribution in [2.45, 2.75) is 233 Å². The Morgan fingerprint density at radius 2 is 0.292 bits per heavy atom. The Kier molecular flexibility index (Phi) is 33.7. The Hall–Kier alpha value is 3.26. The largest absolute Gasteiger partial charge is 0.673 e. The van der Waals surface area contributed by atoms with Crippen LogP contribution in [0.15, 0.2) is 0 Å². The van der Waals surface area contributed by atoms with Crippen LogP contribution in [-0.4, -0.2) is 53.7 Å². The van der Waals surface area contributed by atoms with Crippen LogP contribution in [0.1, 0.15) is 187 Å². The zero-order chi connectivity index (χ0) is 37.7. The van der Waals surface area contributed by atoms with Crippen molar-refractivity contribution < 1.29 is 89.9 Å². The summed E-state index contributed by atoms with van der Waals surface area (Å²) in [5.74, 6) is 0. The molecule has 0 aliphatic heterocycles. The van der Waals surface area contributed by atoms with Crippen molar-refractivity contribution in [1.29, 1.82) is 0 Å². The van der Waals surface area contributed by atoms with E-state index in [2.05, 4.69) is 187 Å². The third kappa shape index (κ3) is 35.0. The van der Waals surface area contributed by atoms with Gasteiger partial charge in [0, 0.05) is 67.1 Å². The molecule has 1 nitrogen and oxygen atoms in total. The van der Waals surface area contributed by atoms with Gasteiger partial charge in [0.1, 0.15) is 0 Å². The number of rotatable bonds is 0. The van der Waals surface area contributed by atoms with E-state index < -0.39 is 7.25 Å². The van der Waals surface area contributed by atoms with Gasteiger partial charge in [-0.15, -0.1) is 0 Å². The van der Waals surface area contributed by atoms with Gasteiger partial charge < -0.3 is 22.7 Å². The third-order valence-electron chi connectivity index (χ3n) is 6.04. The molecule has 0 bridgehead atoms. The first-order chi connectivity index (χ1) is 18.1. The molecular formula is C36H84Au3BF4OP3. The first-order valence-electron chi connectivity index (χ1n) is 16.4. The normalized spacial score (nSPS) is 13.6. The Morgan fingerprint density at radius 3 is 0.292 bits per heavy atom. The average molecular weight is 1300 g/mol. The second-order valence-electron chi connectivity index (χ2n) is 21.0. The molecule has 313 valence electrons. The van der Waals surface area contributed by atoms with E-state index in [4.69, 9.17) is 0 Å². The molecule has 48 heavy (non-hydrogen) atoms. The van der Waals surface area contributed by atoms with E-state index in [-0.39, 0.29) is 96.4 Å². The molecule has 3 N–H and O–H groups in total. The van der Waals surface area contributed by atoms with Crippen molar-refractivity contribution in [3.63, 3.8) is 0 Å². The van der Waals surface area contributed by atoms with Gasteiger partial charge >= 0.3 is 7.25 Å². The Morgan fingerprint density at radius 1 is 0.250 bits per heavy atom. The molecule has 0 aliphatic carbocycles. The fourth-order valence-electron chi connectivity index (χ4n) is 9.06. The van der Waals surface area contributed by atoms with Crippen LogP contribution in [0, 0.1) is 0 Å². The van der Waals surface area contributed by atoms with Crippen LogP contribution in [0.4, 0.5) is 17.3 Å². The molecule has 0 atom stereocenters. The number of hydrogen-bond acceptors (Lipinski definition) is 0. The van der Waals surface area contributed by atoms with Crippen molar-refractivity contribution in [2.75, 3.05) is 0 Å². The molecule has 0 saturated heterocycles. The van der Waals surface area contributed by atoms with E-state index in [1.54, 1.807) is 0 Å². The van der Waals surface area contributed by atoms with Crippen LogP contribution >= 0.6 is 23.8 Å². The number of hydrogen-bond donors (Lipinski definition) is 0. The van der Waals surface area contributed by atoms with Gasteiger partial charge in [0.2, 0.25) is 0 Å². The predicted molar refractivity (Wildman–Crippen MR) is 214 cm³/mol. The molecule has 3 radical (unpaired) electrons. The van der Waals surface area contributed by atoms with Gasteiger partial charge in [-0.05, 0) is 46.4 Å². The fourth-order valence-corrected chi connectivity index (χ4v) is 27.2. The molecule has 0 spiro atoms. The smallest absolute Gasteiger partial charge is 0.457 e. The van der Waals surface area contributed by atoms with Crippen LogP contribution in [0.25, 0.3) is 0 Å². The Bertz CT molecular complexity index is 607. The maximum atomic E-state index is 9.75. The molecule has 0 heterocycles. The molecule has 0 aromatic rings. The summed E-state index contributed by atoms with van der Waals surface area (Å²) in [5, 5.41) is 4.05. The van der Waals surface area contributed by atoms with E-state index in [1.807, 2.05) is 0 Å². The van der Waals surface area contributed by atoms with Crippen molar-refractivity contribution in [3.05, 3.63) is 0 Å². The van der Waals surface area contributed by atoms with Gasteiger partial charge in [-0.3, -0.25) is 0 Å². The molecule has 0 unspecified atom stereocenters. The minimum atomic E-state index is -6.00. The Balaban J connectivity index is -0.0000000748. The summed E-state index contributed by atoms with van der Waals surface area (Å²) < 4.78 is 39.0. The topological polar surface area (TPSA) is 33.0 Å². The second kappa shape index (κ2) is 23.4. The van der Waals surface area contributed by atoms with Gasteiger partial charge in [0.05, 0.1) is 0 Å². The zero-order valence-electron chi connectivity index (χ0n) is 36.4. The summed E-state index contributed by atoms with van der Waals surface area (Å²) >= 11 is 0. The summed E-state index contributed by atoms with van der Waals surface area (Å²) in [7, 11) is -5.95. The van der Waals surface area contributed by atoms with Crippen LogP contribution in [-0.2, 0) is 72.6 Å². The van der Waals surface area contributed by atoms with Gasteiger partial charge in [-0.2, -0.15) is 0 Å². The quantitative estimate of drug-likeness (QED) is 0.100. The molecule has 0 aliphatic rings. The maximum Gasteiger partial charge on any atom is 0.673 e. The first-order valence-corrected chi connectivity index (χ1v) is 20.4. The first kappa shape index (κ1) is 69.2. The minimum absolute atomic E-state index is 0. The molecule has 0 aromatic carbocycles. The summed E-state index contributed by atoms with van der Waals surface area (Å²) in [6, 6.07) is 0. The molecule has 0 saturated carbocycles. The van der Waals surface area contributed by atoms with E-state index in [0.717, 1.165) is 0 Å². The SMILES string of the molecule is CC(C)(C)P(C(C)(C)C)C(C)(C)C.CC(C)(C)P(C(C)(C)C)C(C)(C)C.CC(C)(C)P(C(C)(C)C)C(C)(C)C.F[B-](F)(F)F.[Au].[Au].[Au].[OH3+]. The standard InChI is InChI=1S/3C12H27P.3Au.BF4.H2O/c3*1-10(2,3)13(11(4,5)6)12(7,8)9;;;;2-1(3,4)5;/h3*1-9H3;;;;;1H2/q;;;;;;-1;/p+1. The summed E-state index contributed by atoms with van der Waals surface area (Å²) in [6.45, 7) is 64.4. The minimum Gasteiger partial charge on any atom is -0.457 e. The summed E-state index contributed by atoms with van der Waals surface area (Å²) in [4.78, 5) is 0. The third-order valence-corrected chi connectivity index (χ3v) is 18.1. The van der Waals surface area contributed by atoms with Crippen molar-refractivity contribution in [3.8, 4) is 0 Å². The van der Waals surface area contributed by atoms with Crippen LogP contribution < -0.4 is 0 Å². The monoisotopic (exact) mass is 1300 g/mol. The van der Waals surface area contributed by atoms with E-state index >= 15 is 0 Å². The van der Waals surface area contributed by atoms with Crippen molar-refractivity contribution in [1.82, 2.24) is 0 Å². The molecular weight excluding hydrogens is 1220 g/mol. The maximum absolute atomic E-state index is 9.75. The van der Waals surface area contributed by atoms with Crippen molar-refractivity contribution >= 4 is 31.0 Å². The average Bonchev–Trinajstić information content (AvgIpc) is 2.37. The molecule has 0 aromatic heterocycles. The second-order valence-corrected chi connectivity index (χ2v) is 35.1. The van der Waals surface area contributed by atoms with Gasteiger partial charge in [-0.1, -0.05) is 211 Å². The summed E-state index contributed by atoms with van der Waals surface area (Å²) in [5.41, 5.74) is 0. The molecule has 12 heteroatoms. The van der Waals surface area contributed by atoms with E-state index in [0.29, 0.717) is 46.4 Å². The van der Waals surface area contributed by atoms with Gasteiger partial charge in [0.15, 0.2) is 0 Å². The van der Waals surface area contributed by atoms with Crippen LogP contribution in [0.2, 0.25) is 0 Å². The molecule has 0 rings (SSSR count). The molecule has 0 amide bonds. The number of halogens is 4. The fraction of sp³-hybridized carbons (Fsp3) is 1.00. The van der Waals surface area contributed by atoms with Gasteiger partial charge in [0.25, 0.3) is 0 Å². The van der Waals surface area contributed by atoms with Crippen LogP contribution in [0.5, 0.6) is 0 Å². The zero-order valence-corrected chi connectivity index (χ0v) is 45.6. The van der Waals surface area contributed by atoms with Crippen LogP contribution in [0.3, 0.4) is 0 Å². The summed E-state index contributed by atoms with van der Waals surface area (Å²) in [6.07, 6.45) is 0. The molecule has 0 fully saturated rings. The van der Waals surface area contributed by atoms with E-state index in [1.165, 1.54) is 0 Å². The van der Waals surface area contributed by atoms with E-state index in [9.17, 15) is 17.3 Å². The Labute approximate surface area is 351 Å². The van der Waals surface area contributed by atoms with Crippen molar-refractivity contribution in [2.24, 2.45) is 0 Å². The predicted octanol–water partition coefficient (Wildman–Crippen LogP) is 15.0. The van der Waals surface area contributed by atoms with Gasteiger partial charge in [-0.25, -0.2) is 0 Å².